The Bertz CT molecular complexity index is 1530. The molecule has 4 aromatic rings. The van der Waals surface area contributed by atoms with Gasteiger partial charge in [0.1, 0.15) is 5.82 Å². The van der Waals surface area contributed by atoms with Crippen LogP contribution >= 0.6 is 23.2 Å². The van der Waals surface area contributed by atoms with E-state index in [0.29, 0.717) is 21.1 Å². The number of fused-ring (bicyclic) bond motifs is 1. The zero-order valence-electron chi connectivity index (χ0n) is 17.2. The molecule has 0 saturated carbocycles. The first-order valence-corrected chi connectivity index (χ1v) is 10.5. The predicted octanol–water partition coefficient (Wildman–Crippen LogP) is 4.04. The van der Waals surface area contributed by atoms with E-state index in [1.54, 1.807) is 24.3 Å². The molecule has 11 heteroatoms. The van der Waals surface area contributed by atoms with Crippen molar-refractivity contribution in [1.82, 2.24) is 9.66 Å². The number of amides is 1. The van der Waals surface area contributed by atoms with Gasteiger partial charge in [-0.3, -0.25) is 9.59 Å². The van der Waals surface area contributed by atoms with Crippen LogP contribution in [-0.4, -0.2) is 28.4 Å². The lowest BCUT2D eigenvalue weighted by Crippen LogP contribution is -2.32. The molecule has 2 N–H and O–H groups in total. The molecular weight excluding hydrogens is 486 g/mol. The molecule has 3 aromatic carbocycles. The molecule has 0 fully saturated rings. The van der Waals surface area contributed by atoms with E-state index in [4.69, 9.17) is 27.9 Å². The first-order valence-electron chi connectivity index (χ1n) is 9.77. The summed E-state index contributed by atoms with van der Waals surface area (Å²) in [4.78, 5) is 39.4. The number of rotatable bonds is 6. The zero-order chi connectivity index (χ0) is 24.2. The maximum Gasteiger partial charge on any atom is 0.349 e. The van der Waals surface area contributed by atoms with Crippen molar-refractivity contribution >= 4 is 51.9 Å². The maximum absolute atomic E-state index is 13.2. The summed E-state index contributed by atoms with van der Waals surface area (Å²) in [6, 6.07) is 14.8. The molecular formula is C23H15Cl2FN4O4. The minimum absolute atomic E-state index is 0.0515. The molecule has 172 valence electrons. The number of hydrogen-bond donors (Lipinski definition) is 2. The second kappa shape index (κ2) is 9.90. The largest absolute Gasteiger partial charge is 0.481 e. The quantitative estimate of drug-likeness (QED) is 0.389. The van der Waals surface area contributed by atoms with Gasteiger partial charge in [-0.1, -0.05) is 41.4 Å². The smallest absolute Gasteiger partial charge is 0.349 e. The fourth-order valence-electron chi connectivity index (χ4n) is 3.08. The van der Waals surface area contributed by atoms with Crippen LogP contribution in [0, 0.1) is 5.82 Å². The third-order valence-corrected chi connectivity index (χ3v) is 5.14. The molecule has 4 rings (SSSR count). The first-order chi connectivity index (χ1) is 16.3. The Labute approximate surface area is 201 Å². The normalized spacial score (nSPS) is 11.1. The zero-order valence-corrected chi connectivity index (χ0v) is 18.7. The number of carbonyl (C=O) groups excluding carboxylic acids is 1. The molecule has 0 spiro atoms. The van der Waals surface area contributed by atoms with Crippen molar-refractivity contribution in [3.8, 4) is 5.75 Å². The number of para-hydroxylation sites is 1. The minimum Gasteiger partial charge on any atom is -0.481 e. The molecule has 0 aliphatic rings. The van der Waals surface area contributed by atoms with E-state index < -0.39 is 29.6 Å². The Balaban J connectivity index is 1.50. The van der Waals surface area contributed by atoms with E-state index in [-0.39, 0.29) is 21.5 Å². The van der Waals surface area contributed by atoms with E-state index in [0.717, 1.165) is 6.07 Å². The summed E-state index contributed by atoms with van der Waals surface area (Å²) >= 11 is 12.5. The number of halogens is 3. The van der Waals surface area contributed by atoms with Gasteiger partial charge in [0, 0.05) is 5.69 Å². The van der Waals surface area contributed by atoms with Gasteiger partial charge in [-0.2, -0.15) is 5.10 Å². The van der Waals surface area contributed by atoms with Crippen LogP contribution < -0.4 is 21.3 Å². The summed E-state index contributed by atoms with van der Waals surface area (Å²) in [6.45, 7) is -0.425. The standard InChI is InChI=1S/C23H15Cl2FN4O4/c24-17-8-13(11-27-30-22(32)16-6-1-2-7-19(16)29-23(30)33)9-18(25)21(17)34-12-20(31)28-15-5-3-4-14(26)10-15/h1-11H,12H2,(H,28,31)(H,29,33). The Kier molecular flexibility index (Phi) is 6.76. The Hall–Kier alpha value is -3.95. The van der Waals surface area contributed by atoms with Crippen LogP contribution in [0.2, 0.25) is 10.0 Å². The molecule has 1 amide bonds. The van der Waals surface area contributed by atoms with Crippen molar-refractivity contribution < 1.29 is 13.9 Å². The fourth-order valence-corrected chi connectivity index (χ4v) is 3.69. The molecule has 0 radical (unpaired) electrons. The highest BCUT2D eigenvalue weighted by atomic mass is 35.5. The van der Waals surface area contributed by atoms with Crippen molar-refractivity contribution in [3.05, 3.63) is 103 Å². The lowest BCUT2D eigenvalue weighted by atomic mass is 10.2. The average Bonchev–Trinajstić information content (AvgIpc) is 2.78. The van der Waals surface area contributed by atoms with E-state index in [2.05, 4.69) is 15.4 Å². The van der Waals surface area contributed by atoms with Crippen molar-refractivity contribution in [2.75, 3.05) is 11.9 Å². The van der Waals surface area contributed by atoms with Crippen LogP contribution in [0.1, 0.15) is 5.56 Å². The molecule has 0 atom stereocenters. The first kappa shape index (κ1) is 23.2. The van der Waals surface area contributed by atoms with E-state index in [9.17, 15) is 18.8 Å². The van der Waals surface area contributed by atoms with Gasteiger partial charge in [-0.25, -0.2) is 9.18 Å². The van der Waals surface area contributed by atoms with Gasteiger partial charge in [-0.05, 0) is 48.0 Å². The summed E-state index contributed by atoms with van der Waals surface area (Å²) in [5.41, 5.74) is -0.237. The maximum atomic E-state index is 13.2. The summed E-state index contributed by atoms with van der Waals surface area (Å²) < 4.78 is 19.3. The molecule has 0 aliphatic heterocycles. The van der Waals surface area contributed by atoms with Crippen LogP contribution in [0.15, 0.2) is 75.4 Å². The van der Waals surface area contributed by atoms with Crippen molar-refractivity contribution in [2.45, 2.75) is 0 Å². The molecule has 0 saturated heterocycles. The number of hydrogen-bond acceptors (Lipinski definition) is 5. The van der Waals surface area contributed by atoms with Crippen LogP contribution in [0.5, 0.6) is 5.75 Å². The van der Waals surface area contributed by atoms with Gasteiger partial charge < -0.3 is 15.0 Å². The number of ether oxygens (including phenoxy) is 1. The highest BCUT2D eigenvalue weighted by molar-refractivity contribution is 6.37. The van der Waals surface area contributed by atoms with Gasteiger partial charge in [-0.15, -0.1) is 4.68 Å². The van der Waals surface area contributed by atoms with Crippen LogP contribution in [-0.2, 0) is 4.79 Å². The van der Waals surface area contributed by atoms with Crippen molar-refractivity contribution in [2.24, 2.45) is 5.10 Å². The summed E-state index contributed by atoms with van der Waals surface area (Å²) in [5, 5.41) is 6.89. The molecule has 0 unspecified atom stereocenters. The molecule has 1 aromatic heterocycles. The van der Waals surface area contributed by atoms with Gasteiger partial charge in [0.2, 0.25) is 0 Å². The molecule has 1 heterocycles. The number of carbonyl (C=O) groups is 1. The Morgan fingerprint density at radius 3 is 2.56 bits per heavy atom. The number of benzene rings is 3. The lowest BCUT2D eigenvalue weighted by molar-refractivity contribution is -0.118. The van der Waals surface area contributed by atoms with E-state index >= 15 is 0 Å². The highest BCUT2D eigenvalue weighted by Gasteiger charge is 2.13. The van der Waals surface area contributed by atoms with Gasteiger partial charge >= 0.3 is 5.69 Å². The summed E-state index contributed by atoms with van der Waals surface area (Å²) in [6.07, 6.45) is 1.24. The number of aromatic nitrogens is 2. The molecule has 8 nitrogen and oxygen atoms in total. The second-order valence-corrected chi connectivity index (χ2v) is 7.81. The Morgan fingerprint density at radius 2 is 1.82 bits per heavy atom. The molecule has 0 aliphatic carbocycles. The van der Waals surface area contributed by atoms with Crippen molar-refractivity contribution in [1.29, 1.82) is 0 Å². The Morgan fingerprint density at radius 1 is 1.09 bits per heavy atom. The monoisotopic (exact) mass is 500 g/mol. The number of nitrogens with zero attached hydrogens (tertiary/aromatic N) is 2. The van der Waals surface area contributed by atoms with Crippen LogP contribution in [0.3, 0.4) is 0 Å². The lowest BCUT2D eigenvalue weighted by Gasteiger charge is -2.11. The minimum atomic E-state index is -0.707. The van der Waals surface area contributed by atoms with Gasteiger partial charge in [0.05, 0.1) is 27.2 Å². The van der Waals surface area contributed by atoms with Crippen molar-refractivity contribution in [3.63, 3.8) is 0 Å². The summed E-state index contributed by atoms with van der Waals surface area (Å²) in [7, 11) is 0. The van der Waals surface area contributed by atoms with Gasteiger partial charge in [0.25, 0.3) is 11.5 Å². The fraction of sp³-hybridized carbons (Fsp3) is 0.0435. The second-order valence-electron chi connectivity index (χ2n) is 7.00. The highest BCUT2D eigenvalue weighted by Crippen LogP contribution is 2.33. The van der Waals surface area contributed by atoms with Crippen LogP contribution in [0.25, 0.3) is 10.9 Å². The topological polar surface area (TPSA) is 106 Å². The number of aromatic amines is 1. The molecule has 34 heavy (non-hydrogen) atoms. The summed E-state index contributed by atoms with van der Waals surface area (Å²) in [5.74, 6) is -0.983. The molecule has 0 bridgehead atoms. The van der Waals surface area contributed by atoms with Crippen LogP contribution in [0.4, 0.5) is 10.1 Å². The third-order valence-electron chi connectivity index (χ3n) is 4.58. The van der Waals surface area contributed by atoms with E-state index in [1.807, 2.05) is 0 Å². The van der Waals surface area contributed by atoms with E-state index in [1.165, 1.54) is 36.5 Å². The third kappa shape index (κ3) is 5.16. The average molecular weight is 501 g/mol. The number of H-pyrrole nitrogens is 1. The van der Waals surface area contributed by atoms with Gasteiger partial charge in [0.15, 0.2) is 12.4 Å². The number of anilines is 1. The predicted molar refractivity (Wildman–Crippen MR) is 129 cm³/mol. The SMILES string of the molecule is O=C(COc1c(Cl)cc(C=Nn2c(=O)[nH]c3ccccc3c2=O)cc1Cl)Nc1cccc(F)c1. The number of nitrogens with one attached hydrogen (secondary N) is 2.